The number of benzene rings is 2. The second-order valence-electron chi connectivity index (χ2n) is 4.67. The minimum atomic E-state index is -0.669. The van der Waals surface area contributed by atoms with Crippen molar-refractivity contribution in [1.29, 1.82) is 5.26 Å². The van der Waals surface area contributed by atoms with Crippen LogP contribution < -0.4 is 5.32 Å². The normalized spacial score (nSPS) is 11.0. The highest BCUT2D eigenvalue weighted by molar-refractivity contribution is 6.32. The van der Waals surface area contributed by atoms with Gasteiger partial charge in [-0.05, 0) is 42.8 Å². The van der Waals surface area contributed by atoms with Gasteiger partial charge in [0.1, 0.15) is 17.5 Å². The van der Waals surface area contributed by atoms with E-state index in [2.05, 4.69) is 5.32 Å². The lowest BCUT2D eigenvalue weighted by atomic mass is 10.1. The molecular weight excluding hydrogens is 338 g/mol. The third-order valence-electron chi connectivity index (χ3n) is 3.17. The Morgan fingerprint density at radius 1 is 1.22 bits per heavy atom. The zero-order valence-electron chi connectivity index (χ0n) is 12.0. The number of nitrogens with zero attached hydrogens (tertiary/aromatic N) is 1. The predicted octanol–water partition coefficient (Wildman–Crippen LogP) is 4.99. The number of carbonyl (C=O) groups is 1. The zero-order valence-corrected chi connectivity index (χ0v) is 13.5. The summed E-state index contributed by atoms with van der Waals surface area (Å²) in [6, 6.07) is 10.9. The molecule has 3 nitrogen and oxygen atoms in total. The van der Waals surface area contributed by atoms with Crippen molar-refractivity contribution in [2.24, 2.45) is 0 Å². The van der Waals surface area contributed by atoms with Crippen LogP contribution in [0.25, 0.3) is 6.08 Å². The average Bonchev–Trinajstić information content (AvgIpc) is 2.51. The van der Waals surface area contributed by atoms with Crippen molar-refractivity contribution in [2.45, 2.75) is 6.92 Å². The van der Waals surface area contributed by atoms with Crippen molar-refractivity contribution >= 4 is 40.9 Å². The Kier molecular flexibility index (Phi) is 5.38. The Morgan fingerprint density at radius 2 is 1.87 bits per heavy atom. The van der Waals surface area contributed by atoms with Crippen molar-refractivity contribution in [1.82, 2.24) is 0 Å². The molecule has 1 N–H and O–H groups in total. The van der Waals surface area contributed by atoms with E-state index < -0.39 is 11.7 Å². The molecule has 0 bridgehead atoms. The van der Waals surface area contributed by atoms with Gasteiger partial charge in [0, 0.05) is 16.3 Å². The molecule has 116 valence electrons. The van der Waals surface area contributed by atoms with Gasteiger partial charge in [0.15, 0.2) is 0 Å². The number of hydrogen-bond donors (Lipinski definition) is 1. The van der Waals surface area contributed by atoms with Gasteiger partial charge in [-0.15, -0.1) is 0 Å². The third-order valence-corrected chi connectivity index (χ3v) is 3.91. The van der Waals surface area contributed by atoms with Gasteiger partial charge < -0.3 is 5.32 Å². The average molecular weight is 349 g/mol. The summed E-state index contributed by atoms with van der Waals surface area (Å²) in [5.41, 5.74) is 0.868. The molecule has 0 atom stereocenters. The number of rotatable bonds is 3. The van der Waals surface area contributed by atoms with Crippen molar-refractivity contribution in [2.75, 3.05) is 5.32 Å². The number of amides is 1. The molecule has 2 aromatic carbocycles. The van der Waals surface area contributed by atoms with Gasteiger partial charge in [-0.3, -0.25) is 4.79 Å². The molecule has 0 saturated carbocycles. The number of hydrogen-bond acceptors (Lipinski definition) is 2. The lowest BCUT2D eigenvalue weighted by molar-refractivity contribution is -0.112. The van der Waals surface area contributed by atoms with E-state index >= 15 is 0 Å². The van der Waals surface area contributed by atoms with E-state index in [9.17, 15) is 14.4 Å². The van der Waals surface area contributed by atoms with E-state index in [0.29, 0.717) is 16.3 Å². The Balaban J connectivity index is 2.35. The highest BCUT2D eigenvalue weighted by atomic mass is 35.5. The van der Waals surface area contributed by atoms with Crippen LogP contribution in [0.15, 0.2) is 42.0 Å². The molecule has 0 aliphatic rings. The van der Waals surface area contributed by atoms with Gasteiger partial charge in [0.2, 0.25) is 0 Å². The van der Waals surface area contributed by atoms with Crippen LogP contribution in [0.5, 0.6) is 0 Å². The van der Waals surface area contributed by atoms with Crippen LogP contribution in [0.3, 0.4) is 0 Å². The standard InChI is InChI=1S/C17H11Cl2FN2O/c1-10-13(18)4-3-7-16(10)22-17(23)11(9-21)8-12-14(19)5-2-6-15(12)20/h2-8H,1H3,(H,22,23)/b11-8+. The van der Waals surface area contributed by atoms with E-state index in [-0.39, 0.29) is 16.2 Å². The van der Waals surface area contributed by atoms with E-state index in [1.54, 1.807) is 31.2 Å². The van der Waals surface area contributed by atoms with E-state index in [0.717, 1.165) is 6.08 Å². The smallest absolute Gasteiger partial charge is 0.266 e. The zero-order chi connectivity index (χ0) is 17.0. The van der Waals surface area contributed by atoms with E-state index in [1.165, 1.54) is 18.2 Å². The molecule has 6 heteroatoms. The lowest BCUT2D eigenvalue weighted by Crippen LogP contribution is -2.14. The molecule has 0 saturated heterocycles. The van der Waals surface area contributed by atoms with Crippen molar-refractivity contribution < 1.29 is 9.18 Å². The van der Waals surface area contributed by atoms with Crippen LogP contribution in [0.2, 0.25) is 10.0 Å². The Morgan fingerprint density at radius 3 is 2.52 bits per heavy atom. The fourth-order valence-corrected chi connectivity index (χ4v) is 2.27. The monoisotopic (exact) mass is 348 g/mol. The largest absolute Gasteiger partial charge is 0.321 e. The van der Waals surface area contributed by atoms with Gasteiger partial charge in [-0.25, -0.2) is 4.39 Å². The van der Waals surface area contributed by atoms with Crippen LogP contribution >= 0.6 is 23.2 Å². The first kappa shape index (κ1) is 17.0. The number of carbonyl (C=O) groups excluding carboxylic acids is 1. The molecule has 2 aromatic rings. The first-order valence-electron chi connectivity index (χ1n) is 6.56. The molecule has 1 amide bonds. The fourth-order valence-electron chi connectivity index (χ4n) is 1.87. The Bertz CT molecular complexity index is 821. The second-order valence-corrected chi connectivity index (χ2v) is 5.49. The number of anilines is 1. The van der Waals surface area contributed by atoms with Crippen LogP contribution in [-0.2, 0) is 4.79 Å². The number of halogens is 3. The lowest BCUT2D eigenvalue weighted by Gasteiger charge is -2.09. The molecule has 0 aromatic heterocycles. The van der Waals surface area contributed by atoms with Gasteiger partial charge in [-0.2, -0.15) is 5.26 Å². The first-order chi connectivity index (χ1) is 10.9. The summed E-state index contributed by atoms with van der Waals surface area (Å²) in [5, 5.41) is 12.4. The van der Waals surface area contributed by atoms with Gasteiger partial charge in [-0.1, -0.05) is 35.3 Å². The molecule has 0 fully saturated rings. The topological polar surface area (TPSA) is 52.9 Å². The minimum Gasteiger partial charge on any atom is -0.321 e. The molecule has 0 unspecified atom stereocenters. The first-order valence-corrected chi connectivity index (χ1v) is 7.32. The Hall–Kier alpha value is -2.35. The molecule has 0 spiro atoms. The molecule has 2 rings (SSSR count). The number of nitriles is 1. The van der Waals surface area contributed by atoms with Crippen LogP contribution in [0.4, 0.5) is 10.1 Å². The minimum absolute atomic E-state index is 0.0105. The summed E-state index contributed by atoms with van der Waals surface area (Å²) in [4.78, 5) is 12.2. The fraction of sp³-hybridized carbons (Fsp3) is 0.0588. The van der Waals surface area contributed by atoms with Gasteiger partial charge in [0.05, 0.1) is 5.02 Å². The molecule has 0 aliphatic heterocycles. The van der Waals surface area contributed by atoms with Crippen LogP contribution in [0, 0.1) is 24.1 Å². The van der Waals surface area contributed by atoms with Gasteiger partial charge in [0.25, 0.3) is 5.91 Å². The van der Waals surface area contributed by atoms with Crippen LogP contribution in [0.1, 0.15) is 11.1 Å². The summed E-state index contributed by atoms with van der Waals surface area (Å²) in [6.07, 6.45) is 1.12. The summed E-state index contributed by atoms with van der Waals surface area (Å²) in [6.45, 7) is 1.74. The maximum Gasteiger partial charge on any atom is 0.266 e. The summed E-state index contributed by atoms with van der Waals surface area (Å²) >= 11 is 11.9. The van der Waals surface area contributed by atoms with Crippen molar-refractivity contribution in [3.63, 3.8) is 0 Å². The molecule has 0 radical (unpaired) electrons. The summed E-state index contributed by atoms with van der Waals surface area (Å²) in [7, 11) is 0. The number of nitrogens with one attached hydrogen (secondary N) is 1. The second kappa shape index (κ2) is 7.28. The van der Waals surface area contributed by atoms with Gasteiger partial charge >= 0.3 is 0 Å². The molecule has 0 heterocycles. The highest BCUT2D eigenvalue weighted by Gasteiger charge is 2.14. The van der Waals surface area contributed by atoms with Crippen molar-refractivity contribution in [3.05, 3.63) is 69.0 Å². The van der Waals surface area contributed by atoms with E-state index in [4.69, 9.17) is 23.2 Å². The highest BCUT2D eigenvalue weighted by Crippen LogP contribution is 2.25. The summed E-state index contributed by atoms with van der Waals surface area (Å²) < 4.78 is 13.8. The quantitative estimate of drug-likeness (QED) is 0.627. The maximum absolute atomic E-state index is 13.8. The predicted molar refractivity (Wildman–Crippen MR) is 89.8 cm³/mol. The third kappa shape index (κ3) is 3.89. The maximum atomic E-state index is 13.8. The van der Waals surface area contributed by atoms with Crippen molar-refractivity contribution in [3.8, 4) is 6.07 Å². The molecule has 0 aliphatic carbocycles. The van der Waals surface area contributed by atoms with Crippen LogP contribution in [-0.4, -0.2) is 5.91 Å². The molecular formula is C17H11Cl2FN2O. The van der Waals surface area contributed by atoms with E-state index in [1.807, 2.05) is 0 Å². The molecule has 23 heavy (non-hydrogen) atoms. The summed E-state index contributed by atoms with van der Waals surface area (Å²) in [5.74, 6) is -1.28. The SMILES string of the molecule is Cc1c(Cl)cccc1NC(=O)/C(C#N)=C/c1c(F)cccc1Cl. The Labute approximate surface area is 142 Å².